The van der Waals surface area contributed by atoms with Gasteiger partial charge in [-0.3, -0.25) is 9.80 Å². The number of aryl methyl sites for hydroxylation is 1. The molecule has 1 aliphatic rings. The van der Waals surface area contributed by atoms with Crippen LogP contribution in [0.25, 0.3) is 11.4 Å². The van der Waals surface area contributed by atoms with Gasteiger partial charge in [0.1, 0.15) is 5.75 Å². The van der Waals surface area contributed by atoms with Crippen molar-refractivity contribution < 1.29 is 13.8 Å². The van der Waals surface area contributed by atoms with Crippen LogP contribution in [0.5, 0.6) is 5.75 Å². The van der Waals surface area contributed by atoms with Gasteiger partial charge in [-0.2, -0.15) is 9.97 Å². The quantitative estimate of drug-likeness (QED) is 0.607. The molecule has 0 N–H and O–H groups in total. The SMILES string of the molecule is CCOc1ccc(-c2noc(CN3CCN(Cc4noc(C)n4)CC3)n2)cc1. The van der Waals surface area contributed by atoms with Gasteiger partial charge in [-0.15, -0.1) is 0 Å². The highest BCUT2D eigenvalue weighted by Gasteiger charge is 2.20. The Labute approximate surface area is 163 Å². The standard InChI is InChI=1S/C19H24N6O3/c1-3-26-16-6-4-15(5-7-16)19-21-18(28-23-19)13-25-10-8-24(9-11-25)12-17-20-14(2)27-22-17/h4-7H,3,8-13H2,1-2H3. The molecule has 0 amide bonds. The second kappa shape index (κ2) is 8.49. The minimum atomic E-state index is 0.601. The van der Waals surface area contributed by atoms with Gasteiger partial charge in [0, 0.05) is 38.7 Å². The van der Waals surface area contributed by atoms with E-state index in [0.717, 1.165) is 43.3 Å². The van der Waals surface area contributed by atoms with E-state index in [9.17, 15) is 0 Å². The number of aromatic nitrogens is 4. The van der Waals surface area contributed by atoms with Crippen LogP contribution in [0.15, 0.2) is 33.3 Å². The summed E-state index contributed by atoms with van der Waals surface area (Å²) in [5, 5.41) is 8.07. The fourth-order valence-electron chi connectivity index (χ4n) is 3.21. The van der Waals surface area contributed by atoms with E-state index >= 15 is 0 Å². The maximum Gasteiger partial charge on any atom is 0.241 e. The summed E-state index contributed by atoms with van der Waals surface area (Å²) in [4.78, 5) is 13.4. The summed E-state index contributed by atoms with van der Waals surface area (Å²) >= 11 is 0. The predicted octanol–water partition coefficient (Wildman–Crippen LogP) is 2.14. The highest BCUT2D eigenvalue weighted by molar-refractivity contribution is 5.55. The fraction of sp³-hybridized carbons (Fsp3) is 0.474. The van der Waals surface area contributed by atoms with Crippen LogP contribution in [0.1, 0.15) is 24.5 Å². The van der Waals surface area contributed by atoms with Gasteiger partial charge in [0.15, 0.2) is 5.82 Å². The zero-order valence-corrected chi connectivity index (χ0v) is 16.2. The van der Waals surface area contributed by atoms with Crippen LogP contribution in [0.2, 0.25) is 0 Å². The molecule has 0 aliphatic carbocycles. The van der Waals surface area contributed by atoms with E-state index in [1.54, 1.807) is 6.92 Å². The van der Waals surface area contributed by atoms with Gasteiger partial charge in [-0.25, -0.2) is 0 Å². The summed E-state index contributed by atoms with van der Waals surface area (Å²) in [5.41, 5.74) is 0.915. The Morgan fingerprint density at radius 2 is 1.64 bits per heavy atom. The van der Waals surface area contributed by atoms with E-state index in [1.807, 2.05) is 31.2 Å². The molecule has 1 aliphatic heterocycles. The topological polar surface area (TPSA) is 93.6 Å². The Balaban J connectivity index is 1.28. The summed E-state index contributed by atoms with van der Waals surface area (Å²) in [7, 11) is 0. The van der Waals surface area contributed by atoms with E-state index in [-0.39, 0.29) is 0 Å². The van der Waals surface area contributed by atoms with Crippen molar-refractivity contribution in [2.75, 3.05) is 32.8 Å². The highest BCUT2D eigenvalue weighted by atomic mass is 16.5. The Hall–Kier alpha value is -2.78. The lowest BCUT2D eigenvalue weighted by Crippen LogP contribution is -2.45. The summed E-state index contributed by atoms with van der Waals surface area (Å²) in [6.45, 7) is 9.52. The number of piperazine rings is 1. The first-order valence-corrected chi connectivity index (χ1v) is 9.49. The second-order valence-electron chi connectivity index (χ2n) is 6.75. The van der Waals surface area contributed by atoms with Gasteiger partial charge in [0.25, 0.3) is 0 Å². The zero-order chi connectivity index (χ0) is 19.3. The molecule has 0 bridgehead atoms. The first-order chi connectivity index (χ1) is 13.7. The lowest BCUT2D eigenvalue weighted by atomic mass is 10.2. The molecule has 148 valence electrons. The van der Waals surface area contributed by atoms with E-state index in [1.165, 1.54) is 0 Å². The first kappa shape index (κ1) is 18.6. The van der Waals surface area contributed by atoms with Crippen molar-refractivity contribution >= 4 is 0 Å². The van der Waals surface area contributed by atoms with Crippen molar-refractivity contribution in [3.63, 3.8) is 0 Å². The zero-order valence-electron chi connectivity index (χ0n) is 16.2. The van der Waals surface area contributed by atoms with Crippen molar-refractivity contribution in [3.8, 4) is 17.1 Å². The van der Waals surface area contributed by atoms with E-state index in [4.69, 9.17) is 13.8 Å². The van der Waals surface area contributed by atoms with E-state index in [0.29, 0.717) is 37.3 Å². The van der Waals surface area contributed by atoms with Crippen LogP contribution in [0.3, 0.4) is 0 Å². The lowest BCUT2D eigenvalue weighted by Gasteiger charge is -2.33. The fourth-order valence-corrected chi connectivity index (χ4v) is 3.21. The summed E-state index contributed by atoms with van der Waals surface area (Å²) in [6.07, 6.45) is 0. The van der Waals surface area contributed by atoms with E-state index in [2.05, 4.69) is 30.1 Å². The monoisotopic (exact) mass is 384 g/mol. The molecule has 1 fully saturated rings. The maximum absolute atomic E-state index is 5.46. The molecule has 0 spiro atoms. The molecular weight excluding hydrogens is 360 g/mol. The molecule has 3 aromatic rings. The number of nitrogens with zero attached hydrogens (tertiary/aromatic N) is 6. The minimum absolute atomic E-state index is 0.601. The van der Waals surface area contributed by atoms with Gasteiger partial charge in [0.05, 0.1) is 19.7 Å². The van der Waals surface area contributed by atoms with Crippen LogP contribution in [-0.2, 0) is 13.1 Å². The summed E-state index contributed by atoms with van der Waals surface area (Å²) < 4.78 is 15.9. The molecule has 0 unspecified atom stereocenters. The Morgan fingerprint density at radius 3 is 2.29 bits per heavy atom. The van der Waals surface area contributed by atoms with Crippen LogP contribution in [-0.4, -0.2) is 62.9 Å². The third-order valence-electron chi connectivity index (χ3n) is 4.65. The molecule has 1 saturated heterocycles. The third kappa shape index (κ3) is 4.55. The van der Waals surface area contributed by atoms with Crippen LogP contribution >= 0.6 is 0 Å². The molecule has 1 aromatic carbocycles. The average molecular weight is 384 g/mol. The maximum atomic E-state index is 5.46. The first-order valence-electron chi connectivity index (χ1n) is 9.49. The Kier molecular flexibility index (Phi) is 5.63. The highest BCUT2D eigenvalue weighted by Crippen LogP contribution is 2.20. The lowest BCUT2D eigenvalue weighted by molar-refractivity contribution is 0.109. The molecule has 0 atom stereocenters. The normalized spacial score (nSPS) is 15.8. The third-order valence-corrected chi connectivity index (χ3v) is 4.65. The number of benzene rings is 1. The van der Waals surface area contributed by atoms with Gasteiger partial charge >= 0.3 is 0 Å². The molecule has 9 nitrogen and oxygen atoms in total. The van der Waals surface area contributed by atoms with Crippen LogP contribution in [0.4, 0.5) is 0 Å². The number of hydrogen-bond donors (Lipinski definition) is 0. The van der Waals surface area contributed by atoms with Gasteiger partial charge in [0.2, 0.25) is 17.6 Å². The molecular formula is C19H24N6O3. The molecule has 9 heteroatoms. The molecule has 0 radical (unpaired) electrons. The molecule has 2 aromatic heterocycles. The van der Waals surface area contributed by atoms with Crippen molar-refractivity contribution in [1.29, 1.82) is 0 Å². The molecule has 4 rings (SSSR count). The largest absolute Gasteiger partial charge is 0.494 e. The van der Waals surface area contributed by atoms with Crippen LogP contribution < -0.4 is 4.74 Å². The number of rotatable bonds is 7. The smallest absolute Gasteiger partial charge is 0.241 e. The summed E-state index contributed by atoms with van der Waals surface area (Å²) in [6, 6.07) is 7.72. The predicted molar refractivity (Wildman–Crippen MR) is 100 cm³/mol. The molecule has 3 heterocycles. The molecule has 28 heavy (non-hydrogen) atoms. The van der Waals surface area contributed by atoms with Crippen molar-refractivity contribution in [2.45, 2.75) is 26.9 Å². The van der Waals surface area contributed by atoms with Crippen molar-refractivity contribution in [1.82, 2.24) is 30.1 Å². The van der Waals surface area contributed by atoms with Crippen LogP contribution in [0, 0.1) is 6.92 Å². The molecule has 0 saturated carbocycles. The number of hydrogen-bond acceptors (Lipinski definition) is 9. The number of ether oxygens (including phenoxy) is 1. The minimum Gasteiger partial charge on any atom is -0.494 e. The second-order valence-corrected chi connectivity index (χ2v) is 6.75. The van der Waals surface area contributed by atoms with Gasteiger partial charge in [-0.05, 0) is 31.2 Å². The average Bonchev–Trinajstić information content (AvgIpc) is 3.33. The summed E-state index contributed by atoms with van der Waals surface area (Å²) in [5.74, 6) is 3.41. The van der Waals surface area contributed by atoms with E-state index < -0.39 is 0 Å². The Bertz CT molecular complexity index is 883. The van der Waals surface area contributed by atoms with Gasteiger partial charge < -0.3 is 13.8 Å². The van der Waals surface area contributed by atoms with Crippen molar-refractivity contribution in [2.24, 2.45) is 0 Å². The Morgan fingerprint density at radius 1 is 0.929 bits per heavy atom. The van der Waals surface area contributed by atoms with Gasteiger partial charge in [-0.1, -0.05) is 10.3 Å². The van der Waals surface area contributed by atoms with Crippen molar-refractivity contribution in [3.05, 3.63) is 41.9 Å².